The van der Waals surface area contributed by atoms with E-state index in [1.165, 1.54) is 28.3 Å². The summed E-state index contributed by atoms with van der Waals surface area (Å²) in [5.41, 5.74) is 0.667. The van der Waals surface area contributed by atoms with Crippen molar-refractivity contribution in [1.29, 1.82) is 0 Å². The highest BCUT2D eigenvalue weighted by Gasteiger charge is 2.22. The van der Waals surface area contributed by atoms with Gasteiger partial charge in [0.2, 0.25) is 5.91 Å². The molecule has 0 spiro atoms. The summed E-state index contributed by atoms with van der Waals surface area (Å²) >= 11 is 4.48. The number of nitro benzene ring substituents is 1. The smallest absolute Gasteiger partial charge is 0.328 e. The molecule has 0 atom stereocenters. The number of fused-ring (bicyclic) bond motifs is 1. The fourth-order valence-corrected chi connectivity index (χ4v) is 4.83. The summed E-state index contributed by atoms with van der Waals surface area (Å²) in [5.74, 6) is -0.0929. The molecular weight excluding hydrogens is 542 g/mol. The number of hydrogen-bond donors (Lipinski definition) is 2. The van der Waals surface area contributed by atoms with E-state index in [1.54, 1.807) is 29.8 Å². The number of carbonyl (C=O) groups excluding carboxylic acids is 1. The predicted molar refractivity (Wildman–Crippen MR) is 135 cm³/mol. The highest BCUT2D eigenvalue weighted by Crippen LogP contribution is 2.33. The number of nitrogens with one attached hydrogen (secondary N) is 1. The van der Waals surface area contributed by atoms with Crippen LogP contribution in [0.2, 0.25) is 0 Å². The van der Waals surface area contributed by atoms with Crippen LogP contribution in [0.4, 0.5) is 11.4 Å². The van der Waals surface area contributed by atoms with Gasteiger partial charge in [0.05, 0.1) is 27.3 Å². The molecule has 0 unspecified atom stereocenters. The van der Waals surface area contributed by atoms with E-state index in [-0.39, 0.29) is 28.6 Å². The second-order valence-electron chi connectivity index (χ2n) is 7.56. The van der Waals surface area contributed by atoms with Crippen LogP contribution in [0, 0.1) is 10.1 Å². The van der Waals surface area contributed by atoms with Crippen molar-refractivity contribution >= 4 is 56.0 Å². The van der Waals surface area contributed by atoms with Gasteiger partial charge in [-0.05, 0) is 31.2 Å². The quantitative estimate of drug-likeness (QED) is 0.198. The zero-order valence-corrected chi connectivity index (χ0v) is 21.3. The molecular formula is C21H20BrN7O5S. The average molecular weight is 562 g/mol. The SMILES string of the molecule is CCn1c(SCC(=O)Nc2cc3c(cc2[N+](=O)[O-])n(C)c(=O)n3C)nnc1-c1cc(Br)ccc1O. The summed E-state index contributed by atoms with van der Waals surface area (Å²) in [6.07, 6.45) is 0. The van der Waals surface area contributed by atoms with Gasteiger partial charge in [0.1, 0.15) is 11.4 Å². The van der Waals surface area contributed by atoms with Crippen LogP contribution in [-0.2, 0) is 25.4 Å². The van der Waals surface area contributed by atoms with Gasteiger partial charge in [0, 0.05) is 31.2 Å². The zero-order chi connectivity index (χ0) is 25.4. The Bertz CT molecular complexity index is 1540. The molecule has 0 aliphatic rings. The number of rotatable bonds is 7. The van der Waals surface area contributed by atoms with E-state index < -0.39 is 10.8 Å². The van der Waals surface area contributed by atoms with Gasteiger partial charge in [-0.3, -0.25) is 24.0 Å². The molecule has 0 fully saturated rings. The lowest BCUT2D eigenvalue weighted by molar-refractivity contribution is -0.383. The lowest BCUT2D eigenvalue weighted by Crippen LogP contribution is -2.19. The number of carbonyl (C=O) groups is 1. The zero-order valence-electron chi connectivity index (χ0n) is 18.9. The first-order valence-electron chi connectivity index (χ1n) is 10.3. The number of hydrogen-bond acceptors (Lipinski definition) is 8. The van der Waals surface area contributed by atoms with Gasteiger partial charge in [-0.1, -0.05) is 27.7 Å². The maximum Gasteiger partial charge on any atom is 0.328 e. The monoisotopic (exact) mass is 561 g/mol. The number of phenols is 1. The Morgan fingerprint density at radius 2 is 1.89 bits per heavy atom. The van der Waals surface area contributed by atoms with Gasteiger partial charge in [-0.25, -0.2) is 4.79 Å². The summed E-state index contributed by atoms with van der Waals surface area (Å²) in [7, 11) is 3.07. The third kappa shape index (κ3) is 4.53. The number of aromatic hydroxyl groups is 1. The molecule has 2 N–H and O–H groups in total. The van der Waals surface area contributed by atoms with Crippen molar-refractivity contribution in [3.63, 3.8) is 0 Å². The van der Waals surface area contributed by atoms with E-state index in [2.05, 4.69) is 31.4 Å². The van der Waals surface area contributed by atoms with Gasteiger partial charge in [0.15, 0.2) is 11.0 Å². The third-order valence-corrected chi connectivity index (χ3v) is 6.89. The van der Waals surface area contributed by atoms with Crippen LogP contribution in [0.3, 0.4) is 0 Å². The van der Waals surface area contributed by atoms with Crippen LogP contribution in [-0.4, -0.2) is 45.6 Å². The largest absolute Gasteiger partial charge is 0.507 e. The number of nitro groups is 1. The van der Waals surface area contributed by atoms with E-state index in [0.29, 0.717) is 34.1 Å². The summed E-state index contributed by atoms with van der Waals surface area (Å²) in [6.45, 7) is 2.37. The molecule has 182 valence electrons. The highest BCUT2D eigenvalue weighted by molar-refractivity contribution is 9.10. The van der Waals surface area contributed by atoms with E-state index in [9.17, 15) is 24.8 Å². The standard InChI is InChI=1S/C21H20BrN7O5S/c1-4-28-19(12-7-11(22)5-6-17(12)30)24-25-20(28)35-10-18(31)23-13-8-15-16(9-14(13)29(33)34)27(3)21(32)26(15)2/h5-9,30H,4,10H2,1-3H3,(H,23,31). The maximum absolute atomic E-state index is 12.7. The van der Waals surface area contributed by atoms with Crippen LogP contribution in [0.1, 0.15) is 6.92 Å². The molecule has 2 aromatic carbocycles. The van der Waals surface area contributed by atoms with Crippen molar-refractivity contribution in [3.8, 4) is 17.1 Å². The molecule has 0 radical (unpaired) electrons. The first kappa shape index (κ1) is 24.5. The molecule has 4 aromatic rings. The average Bonchev–Trinajstić information content (AvgIpc) is 3.33. The van der Waals surface area contributed by atoms with Crippen molar-refractivity contribution in [2.75, 3.05) is 11.1 Å². The van der Waals surface area contributed by atoms with Crippen molar-refractivity contribution in [2.24, 2.45) is 14.1 Å². The van der Waals surface area contributed by atoms with Crippen LogP contribution >= 0.6 is 27.7 Å². The molecule has 35 heavy (non-hydrogen) atoms. The van der Waals surface area contributed by atoms with Gasteiger partial charge in [-0.2, -0.15) is 0 Å². The summed E-state index contributed by atoms with van der Waals surface area (Å²) < 4.78 is 5.18. The first-order valence-corrected chi connectivity index (χ1v) is 12.1. The second-order valence-corrected chi connectivity index (χ2v) is 9.42. The molecule has 1 amide bonds. The number of imidazole rings is 1. The van der Waals surface area contributed by atoms with Crippen molar-refractivity contribution in [1.82, 2.24) is 23.9 Å². The van der Waals surface area contributed by atoms with E-state index in [4.69, 9.17) is 0 Å². The predicted octanol–water partition coefficient (Wildman–Crippen LogP) is 3.26. The van der Waals surface area contributed by atoms with Crippen LogP contribution < -0.4 is 11.0 Å². The fraction of sp³-hybridized carbons (Fsp3) is 0.238. The fourth-order valence-electron chi connectivity index (χ4n) is 3.67. The van der Waals surface area contributed by atoms with Gasteiger partial charge in [0.25, 0.3) is 5.69 Å². The maximum atomic E-state index is 12.7. The number of amides is 1. The second kappa shape index (κ2) is 9.54. The number of aryl methyl sites for hydroxylation is 2. The summed E-state index contributed by atoms with van der Waals surface area (Å²) in [4.78, 5) is 35.9. The molecule has 0 saturated heterocycles. The van der Waals surface area contributed by atoms with E-state index in [0.717, 1.165) is 16.2 Å². The van der Waals surface area contributed by atoms with Crippen molar-refractivity contribution < 1.29 is 14.8 Å². The van der Waals surface area contributed by atoms with Gasteiger partial charge >= 0.3 is 5.69 Å². The van der Waals surface area contributed by atoms with Crippen LogP contribution in [0.25, 0.3) is 22.4 Å². The molecule has 4 rings (SSSR count). The lowest BCUT2D eigenvalue weighted by Gasteiger charge is -2.09. The lowest BCUT2D eigenvalue weighted by atomic mass is 10.2. The van der Waals surface area contributed by atoms with Gasteiger partial charge in [-0.15, -0.1) is 10.2 Å². The molecule has 0 bridgehead atoms. The minimum atomic E-state index is -0.607. The highest BCUT2D eigenvalue weighted by atomic mass is 79.9. The normalized spacial score (nSPS) is 11.2. The van der Waals surface area contributed by atoms with E-state index >= 15 is 0 Å². The number of benzene rings is 2. The Hall–Kier alpha value is -3.65. The number of anilines is 1. The molecule has 0 aliphatic heterocycles. The Labute approximate surface area is 210 Å². The molecule has 12 nitrogen and oxygen atoms in total. The Morgan fingerprint density at radius 1 is 1.20 bits per heavy atom. The Balaban J connectivity index is 1.57. The summed E-state index contributed by atoms with van der Waals surface area (Å²) in [6, 6.07) is 7.65. The number of thioether (sulfide) groups is 1. The number of halogens is 1. The topological polar surface area (TPSA) is 150 Å². The Morgan fingerprint density at radius 3 is 2.54 bits per heavy atom. The number of nitrogens with zero attached hydrogens (tertiary/aromatic N) is 6. The van der Waals surface area contributed by atoms with Gasteiger partial charge < -0.3 is 15.0 Å². The van der Waals surface area contributed by atoms with Crippen molar-refractivity contribution in [2.45, 2.75) is 18.6 Å². The van der Waals surface area contributed by atoms with Crippen molar-refractivity contribution in [3.05, 3.63) is 55.4 Å². The summed E-state index contributed by atoms with van der Waals surface area (Å²) in [5, 5.41) is 33.2. The minimum Gasteiger partial charge on any atom is -0.507 e. The minimum absolute atomic E-state index is 0.00833. The van der Waals surface area contributed by atoms with Crippen LogP contribution in [0.5, 0.6) is 5.75 Å². The molecule has 2 aromatic heterocycles. The third-order valence-electron chi connectivity index (χ3n) is 5.43. The molecule has 2 heterocycles. The number of aromatic nitrogens is 5. The number of phenolic OH excluding ortho intramolecular Hbond substituents is 1. The molecule has 0 saturated carbocycles. The van der Waals surface area contributed by atoms with E-state index in [1.807, 2.05) is 6.92 Å². The molecule has 14 heteroatoms. The van der Waals surface area contributed by atoms with Crippen LogP contribution in [0.15, 0.2) is 44.8 Å². The molecule has 0 aliphatic carbocycles. The Kier molecular flexibility index (Phi) is 6.67. The first-order chi connectivity index (χ1) is 16.6.